The lowest BCUT2D eigenvalue weighted by atomic mass is 9.82. The van der Waals surface area contributed by atoms with Gasteiger partial charge in [0.1, 0.15) is 41.7 Å². The topological polar surface area (TPSA) is 270 Å². The highest BCUT2D eigenvalue weighted by molar-refractivity contribution is 5.94. The van der Waals surface area contributed by atoms with Gasteiger partial charge in [0.15, 0.2) is 0 Å². The van der Waals surface area contributed by atoms with E-state index in [-0.39, 0.29) is 96.8 Å². The van der Waals surface area contributed by atoms with Crippen molar-refractivity contribution in [3.05, 3.63) is 77.1 Å². The van der Waals surface area contributed by atoms with Gasteiger partial charge >= 0.3 is 0 Å². The highest BCUT2D eigenvalue weighted by Crippen LogP contribution is 2.37. The van der Waals surface area contributed by atoms with Crippen molar-refractivity contribution in [2.75, 3.05) is 140 Å². The summed E-state index contributed by atoms with van der Waals surface area (Å²) in [4.78, 5) is 116. The summed E-state index contributed by atoms with van der Waals surface area (Å²) >= 11 is 0. The molecule has 2 aliphatic carbocycles. The standard InChI is InChI=1S/C73H108F2N16O8/c1-49(76-4)69(96)84-68(51-13-6-5-7-14-51)71(98)91-45-55(37-61(91)70(97)83-59-17-10-15-50-12-8-9-16-56(50)59)82-66(94)19-18-64(92)79-27-34-99-35-33-88-43-53-41-87(42-54(53)44-88)28-20-65(93)78-26-11-25-77-62-39-63(81-48-80-62)89-31-23-73(24-32-89)47-90(46-67(95)85-73)60-38-57(74)52(36-58(60)75)40-86-29-21-72(2,3)22-30-86/h8-9,12,16,36,38-39,48-49,51,53-55,59,61,68,76H,5-7,10-11,13-15,17-35,37,40-47H2,1-4H3,(H,78,93)(H,79,92)(H,82,94)(H,83,97)(H,84,96)(H,85,95)(H,77,80,81)/t49-,53-,54+,55-,59-,61-,68-/m0/s1. The maximum Gasteiger partial charge on any atom is 0.246 e. The van der Waals surface area contributed by atoms with Crippen LogP contribution in [0.4, 0.5) is 26.1 Å². The minimum atomic E-state index is -0.858. The van der Waals surface area contributed by atoms with E-state index in [4.69, 9.17) is 4.74 Å². The molecule has 7 atom stereocenters. The molecule has 2 aromatic carbocycles. The summed E-state index contributed by atoms with van der Waals surface area (Å²) in [5, 5.41) is 24.8. The van der Waals surface area contributed by atoms with Gasteiger partial charge < -0.3 is 71.8 Å². The molecule has 1 spiro atoms. The number of amides is 7. The summed E-state index contributed by atoms with van der Waals surface area (Å²) < 4.78 is 37.2. The number of carbonyl (C=O) groups is 7. The van der Waals surface area contributed by atoms with E-state index in [0.29, 0.717) is 114 Å². The quantitative estimate of drug-likeness (QED) is 0.0448. The molecule has 6 aliphatic heterocycles. The molecule has 7 fully saturated rings. The number of halogens is 2. The fourth-order valence-electron chi connectivity index (χ4n) is 16.3. The van der Waals surface area contributed by atoms with Crippen LogP contribution in [-0.2, 0) is 51.3 Å². The van der Waals surface area contributed by atoms with E-state index in [9.17, 15) is 33.6 Å². The molecule has 1 aromatic heterocycles. The molecule has 1 saturated carbocycles. The van der Waals surface area contributed by atoms with Gasteiger partial charge in [0.25, 0.3) is 0 Å². The number of likely N-dealkylation sites (N-methyl/N-ethyl adjacent to an activating group) is 1. The number of rotatable bonds is 29. The summed E-state index contributed by atoms with van der Waals surface area (Å²) in [5.41, 5.74) is 2.41. The van der Waals surface area contributed by atoms with Crippen LogP contribution < -0.4 is 52.3 Å². The Morgan fingerprint density at radius 3 is 2.21 bits per heavy atom. The fraction of sp³-hybridized carbons (Fsp3) is 0.685. The smallest absolute Gasteiger partial charge is 0.246 e. The number of ether oxygens (including phenoxy) is 1. The Labute approximate surface area is 582 Å². The number of aryl methyl sites for hydroxylation is 1. The van der Waals surface area contributed by atoms with Gasteiger partial charge in [0.2, 0.25) is 41.4 Å². The fourth-order valence-corrected chi connectivity index (χ4v) is 16.3. The number of nitrogens with zero attached hydrogens (tertiary/aromatic N) is 8. The molecule has 542 valence electrons. The van der Waals surface area contributed by atoms with Crippen molar-refractivity contribution in [1.29, 1.82) is 0 Å². The Hall–Kier alpha value is -7.13. The number of piperidine rings is 2. The lowest BCUT2D eigenvalue weighted by Gasteiger charge is -2.48. The van der Waals surface area contributed by atoms with Crippen LogP contribution in [0.5, 0.6) is 0 Å². The zero-order valence-corrected chi connectivity index (χ0v) is 58.8. The number of fused-ring (bicyclic) bond motifs is 2. The van der Waals surface area contributed by atoms with Gasteiger partial charge in [-0.2, -0.15) is 0 Å². The maximum atomic E-state index is 15.8. The number of benzene rings is 2. The minimum absolute atomic E-state index is 0.0283. The molecular formula is C73H108F2N16O8. The van der Waals surface area contributed by atoms with Crippen LogP contribution >= 0.6 is 0 Å². The number of piperazine rings is 1. The van der Waals surface area contributed by atoms with Crippen molar-refractivity contribution < 1.29 is 47.1 Å². The summed E-state index contributed by atoms with van der Waals surface area (Å²) in [5.74, 6) is -0.188. The number of anilines is 3. The van der Waals surface area contributed by atoms with Crippen LogP contribution in [0.25, 0.3) is 0 Å². The molecule has 24 nitrogen and oxygen atoms in total. The predicted molar refractivity (Wildman–Crippen MR) is 374 cm³/mol. The second-order valence-electron chi connectivity index (χ2n) is 30.2. The summed E-state index contributed by atoms with van der Waals surface area (Å²) in [6, 6.07) is 9.69. The van der Waals surface area contributed by atoms with Crippen LogP contribution in [0.1, 0.15) is 146 Å². The lowest BCUT2D eigenvalue weighted by molar-refractivity contribution is -0.143. The van der Waals surface area contributed by atoms with E-state index in [1.165, 1.54) is 24.0 Å². The monoisotopic (exact) mass is 1370 g/mol. The average molecular weight is 1380 g/mol. The van der Waals surface area contributed by atoms with Gasteiger partial charge in [0.05, 0.1) is 43.1 Å². The van der Waals surface area contributed by atoms with Crippen molar-refractivity contribution in [2.24, 2.45) is 23.2 Å². The van der Waals surface area contributed by atoms with E-state index in [1.54, 1.807) is 23.8 Å². The molecule has 0 bridgehead atoms. The maximum absolute atomic E-state index is 15.8. The molecular weight excluding hydrogens is 1270 g/mol. The first-order valence-electron chi connectivity index (χ1n) is 36.8. The van der Waals surface area contributed by atoms with Gasteiger partial charge in [0, 0.05) is 135 Å². The first-order chi connectivity index (χ1) is 47.8. The third kappa shape index (κ3) is 19.7. The Kier molecular flexibility index (Phi) is 25.1. The molecule has 3 aromatic rings. The van der Waals surface area contributed by atoms with E-state index >= 15 is 8.78 Å². The molecule has 6 saturated heterocycles. The zero-order valence-electron chi connectivity index (χ0n) is 58.8. The first-order valence-corrected chi connectivity index (χ1v) is 36.8. The summed E-state index contributed by atoms with van der Waals surface area (Å²) in [7, 11) is 1.70. The summed E-state index contributed by atoms with van der Waals surface area (Å²) in [6.45, 7) is 17.6. The van der Waals surface area contributed by atoms with Crippen molar-refractivity contribution in [3.63, 3.8) is 0 Å². The average Bonchev–Trinajstić information content (AvgIpc) is 0.995. The SMILES string of the molecule is CN[C@@H](C)C(=O)N[C@H](C(=O)N1C[C@@H](NC(=O)CCC(=O)NCCOCCN2C[C@@H]3CN(CCC(=O)NCCCNc4cc(N5CCC6(CC5)CN(c5cc(F)c(CN7CCC(C)(C)CC7)cc5F)CC(=O)N6)ncn4)C[C@@H]3C2)C[C@H]1C(=O)N[C@H]1CCCc2ccccc21)C1CCCCC1. The van der Waals surface area contributed by atoms with E-state index < -0.39 is 41.3 Å². The number of aromatic nitrogens is 2. The van der Waals surface area contributed by atoms with Gasteiger partial charge in [-0.3, -0.25) is 38.5 Å². The normalized spacial score (nSPS) is 24.0. The highest BCUT2D eigenvalue weighted by Gasteiger charge is 2.47. The Bertz CT molecular complexity index is 3270. The third-order valence-electron chi connectivity index (χ3n) is 22.4. The molecule has 0 radical (unpaired) electrons. The first kappa shape index (κ1) is 73.1. The van der Waals surface area contributed by atoms with Crippen LogP contribution in [-0.4, -0.2) is 226 Å². The zero-order chi connectivity index (χ0) is 69.6. The van der Waals surface area contributed by atoms with Crippen molar-refractivity contribution in [2.45, 2.75) is 172 Å². The summed E-state index contributed by atoms with van der Waals surface area (Å²) in [6.07, 6.45) is 13.2. The van der Waals surface area contributed by atoms with Crippen LogP contribution in [0.2, 0.25) is 0 Å². The van der Waals surface area contributed by atoms with E-state index in [1.807, 2.05) is 24.3 Å². The highest BCUT2D eigenvalue weighted by atomic mass is 19.1. The molecule has 0 unspecified atom stereocenters. The van der Waals surface area contributed by atoms with Crippen LogP contribution in [0.3, 0.4) is 0 Å². The molecule has 7 amide bonds. The molecule has 26 heteroatoms. The minimum Gasteiger partial charge on any atom is -0.378 e. The number of likely N-dealkylation sites (tertiary alicyclic amines) is 4. The van der Waals surface area contributed by atoms with Crippen molar-refractivity contribution >= 4 is 58.7 Å². The molecule has 8 N–H and O–H groups in total. The molecule has 99 heavy (non-hydrogen) atoms. The lowest BCUT2D eigenvalue weighted by Crippen LogP contribution is -2.66. The number of nitrogens with one attached hydrogen (secondary N) is 8. The Balaban J connectivity index is 0.528. The molecule has 11 rings (SSSR count). The largest absolute Gasteiger partial charge is 0.378 e. The Morgan fingerprint density at radius 2 is 1.45 bits per heavy atom. The Morgan fingerprint density at radius 1 is 0.737 bits per heavy atom. The predicted octanol–water partition coefficient (Wildman–Crippen LogP) is 4.39. The van der Waals surface area contributed by atoms with Crippen molar-refractivity contribution in [3.8, 4) is 0 Å². The van der Waals surface area contributed by atoms with Crippen molar-refractivity contribution in [1.82, 2.24) is 66.8 Å². The number of hydrogen-bond acceptors (Lipinski definition) is 17. The van der Waals surface area contributed by atoms with Crippen LogP contribution in [0.15, 0.2) is 48.8 Å². The second-order valence-corrected chi connectivity index (χ2v) is 30.2. The molecule has 8 aliphatic rings. The van der Waals surface area contributed by atoms with Gasteiger partial charge in [-0.25, -0.2) is 18.7 Å². The van der Waals surface area contributed by atoms with E-state index in [0.717, 1.165) is 121 Å². The van der Waals surface area contributed by atoms with E-state index in [2.05, 4.69) is 92.0 Å². The van der Waals surface area contributed by atoms with Gasteiger partial charge in [-0.15, -0.1) is 0 Å². The number of hydrogen-bond donors (Lipinski definition) is 8. The van der Waals surface area contributed by atoms with Gasteiger partial charge in [-0.1, -0.05) is 57.4 Å². The second kappa shape index (κ2) is 34.0. The third-order valence-corrected chi connectivity index (χ3v) is 22.4. The molecule has 7 heterocycles. The number of carbonyl (C=O) groups excluding carboxylic acids is 7. The van der Waals surface area contributed by atoms with Gasteiger partial charge in [-0.05, 0) is 138 Å². The van der Waals surface area contributed by atoms with Crippen LogP contribution in [0, 0.1) is 34.8 Å².